The van der Waals surface area contributed by atoms with Crippen molar-refractivity contribution in [3.63, 3.8) is 0 Å². The van der Waals surface area contributed by atoms with Gasteiger partial charge in [0, 0.05) is 22.9 Å². The first kappa shape index (κ1) is 14.0. The van der Waals surface area contributed by atoms with Crippen LogP contribution in [0.1, 0.15) is 16.1 Å². The molecule has 1 heterocycles. The van der Waals surface area contributed by atoms with Gasteiger partial charge in [0.2, 0.25) is 0 Å². The fourth-order valence-corrected chi connectivity index (χ4v) is 2.48. The molecule has 1 aromatic heterocycles. The zero-order chi connectivity index (χ0) is 13.5. The average Bonchev–Trinajstić information content (AvgIpc) is 2.91. The Morgan fingerprint density at radius 1 is 1.32 bits per heavy atom. The number of hydrogen-bond acceptors (Lipinski definition) is 3. The van der Waals surface area contributed by atoms with Crippen LogP contribution in [0.2, 0.25) is 5.02 Å². The van der Waals surface area contributed by atoms with Gasteiger partial charge in [-0.15, -0.1) is 0 Å². The van der Waals surface area contributed by atoms with E-state index < -0.39 is 0 Å². The highest BCUT2D eigenvalue weighted by Gasteiger charge is 2.04. The first-order valence-electron chi connectivity index (χ1n) is 5.89. The van der Waals surface area contributed by atoms with Crippen molar-refractivity contribution in [3.8, 4) is 0 Å². The van der Waals surface area contributed by atoms with E-state index >= 15 is 0 Å². The molecule has 100 valence electrons. The van der Waals surface area contributed by atoms with Crippen LogP contribution in [0.15, 0.2) is 47.1 Å². The summed E-state index contributed by atoms with van der Waals surface area (Å²) in [7, 11) is 0. The highest BCUT2D eigenvalue weighted by Crippen LogP contribution is 2.12. The van der Waals surface area contributed by atoms with Crippen LogP contribution in [0, 0.1) is 0 Å². The zero-order valence-electron chi connectivity index (χ0n) is 10.3. The first-order chi connectivity index (χ1) is 9.25. The molecule has 0 fully saturated rings. The van der Waals surface area contributed by atoms with E-state index in [2.05, 4.69) is 5.32 Å². The van der Waals surface area contributed by atoms with Crippen LogP contribution in [0.4, 0.5) is 0 Å². The fourth-order valence-electron chi connectivity index (χ4n) is 1.54. The Balaban J connectivity index is 1.67. The van der Waals surface area contributed by atoms with Gasteiger partial charge in [0.1, 0.15) is 5.76 Å². The van der Waals surface area contributed by atoms with Crippen molar-refractivity contribution in [1.82, 2.24) is 5.32 Å². The Labute approximate surface area is 121 Å². The number of carbonyl (C=O) groups excluding carboxylic acids is 1. The molecule has 19 heavy (non-hydrogen) atoms. The third-order valence-corrected chi connectivity index (χ3v) is 3.66. The van der Waals surface area contributed by atoms with Crippen molar-refractivity contribution in [2.45, 2.75) is 5.75 Å². The van der Waals surface area contributed by atoms with Crippen molar-refractivity contribution in [3.05, 3.63) is 59.0 Å². The second-order valence-electron chi connectivity index (χ2n) is 3.90. The smallest absolute Gasteiger partial charge is 0.251 e. The summed E-state index contributed by atoms with van der Waals surface area (Å²) >= 11 is 7.55. The standard InChI is InChI=1S/C14H14ClNO2S/c15-12-4-1-3-11(9-12)14(17)16-6-8-19-10-13-5-2-7-18-13/h1-5,7,9H,6,8,10H2,(H,16,17). The molecule has 0 aliphatic heterocycles. The molecule has 0 aliphatic rings. The maximum atomic E-state index is 11.8. The maximum Gasteiger partial charge on any atom is 0.251 e. The van der Waals surface area contributed by atoms with Gasteiger partial charge in [-0.1, -0.05) is 17.7 Å². The minimum absolute atomic E-state index is 0.0962. The molecule has 0 saturated heterocycles. The van der Waals surface area contributed by atoms with Crippen LogP contribution in [0.5, 0.6) is 0 Å². The Kier molecular flexibility index (Phi) is 5.36. The Hall–Kier alpha value is -1.39. The molecular formula is C14H14ClNO2S. The number of rotatable bonds is 6. The van der Waals surface area contributed by atoms with E-state index in [0.29, 0.717) is 17.1 Å². The molecule has 0 atom stereocenters. The van der Waals surface area contributed by atoms with Crippen LogP contribution in [0.25, 0.3) is 0 Å². The summed E-state index contributed by atoms with van der Waals surface area (Å²) in [6, 6.07) is 10.7. The van der Waals surface area contributed by atoms with Crippen molar-refractivity contribution < 1.29 is 9.21 Å². The topological polar surface area (TPSA) is 42.2 Å². The number of thioether (sulfide) groups is 1. The summed E-state index contributed by atoms with van der Waals surface area (Å²) in [6.45, 7) is 0.622. The third kappa shape index (κ3) is 4.65. The number of carbonyl (C=O) groups is 1. The van der Waals surface area contributed by atoms with Gasteiger partial charge in [-0.05, 0) is 30.3 Å². The van der Waals surface area contributed by atoms with E-state index in [1.807, 2.05) is 12.1 Å². The number of nitrogens with one attached hydrogen (secondary N) is 1. The Morgan fingerprint density at radius 3 is 2.95 bits per heavy atom. The van der Waals surface area contributed by atoms with E-state index in [1.165, 1.54) is 0 Å². The van der Waals surface area contributed by atoms with Gasteiger partial charge in [-0.3, -0.25) is 4.79 Å². The van der Waals surface area contributed by atoms with Crippen LogP contribution in [0.3, 0.4) is 0 Å². The highest BCUT2D eigenvalue weighted by atomic mass is 35.5. The summed E-state index contributed by atoms with van der Waals surface area (Å²) in [5.41, 5.74) is 0.587. The van der Waals surface area contributed by atoms with Crippen molar-refractivity contribution in [2.75, 3.05) is 12.3 Å². The van der Waals surface area contributed by atoms with Gasteiger partial charge in [0.15, 0.2) is 0 Å². The third-order valence-electron chi connectivity index (χ3n) is 2.44. The van der Waals surface area contributed by atoms with E-state index in [0.717, 1.165) is 17.3 Å². The molecule has 3 nitrogen and oxygen atoms in total. The predicted molar refractivity (Wildman–Crippen MR) is 78.7 cm³/mol. The highest BCUT2D eigenvalue weighted by molar-refractivity contribution is 7.98. The van der Waals surface area contributed by atoms with Gasteiger partial charge in [0.05, 0.1) is 12.0 Å². The van der Waals surface area contributed by atoms with Crippen molar-refractivity contribution >= 4 is 29.3 Å². The molecule has 0 aliphatic carbocycles. The summed E-state index contributed by atoms with van der Waals surface area (Å²) in [5, 5.41) is 3.43. The summed E-state index contributed by atoms with van der Waals surface area (Å²) in [4.78, 5) is 11.8. The summed E-state index contributed by atoms with van der Waals surface area (Å²) in [5.74, 6) is 2.51. The van der Waals surface area contributed by atoms with Gasteiger partial charge in [0.25, 0.3) is 5.91 Å². The number of furan rings is 1. The van der Waals surface area contributed by atoms with Crippen LogP contribution in [-0.4, -0.2) is 18.2 Å². The van der Waals surface area contributed by atoms with E-state index in [-0.39, 0.29) is 5.91 Å². The quantitative estimate of drug-likeness (QED) is 0.828. The molecule has 0 bridgehead atoms. The molecule has 2 aromatic rings. The fraction of sp³-hybridized carbons (Fsp3) is 0.214. The van der Waals surface area contributed by atoms with E-state index in [4.69, 9.17) is 16.0 Å². The molecule has 0 saturated carbocycles. The second-order valence-corrected chi connectivity index (χ2v) is 5.44. The molecule has 5 heteroatoms. The number of hydrogen-bond donors (Lipinski definition) is 1. The van der Waals surface area contributed by atoms with Crippen LogP contribution in [-0.2, 0) is 5.75 Å². The summed E-state index contributed by atoms with van der Waals surface area (Å²) in [6.07, 6.45) is 1.66. The molecule has 1 N–H and O–H groups in total. The van der Waals surface area contributed by atoms with Crippen molar-refractivity contribution in [1.29, 1.82) is 0 Å². The Morgan fingerprint density at radius 2 is 2.21 bits per heavy atom. The first-order valence-corrected chi connectivity index (χ1v) is 7.43. The van der Waals surface area contributed by atoms with Gasteiger partial charge in [-0.2, -0.15) is 11.8 Å². The van der Waals surface area contributed by atoms with Crippen molar-refractivity contribution in [2.24, 2.45) is 0 Å². The largest absolute Gasteiger partial charge is 0.468 e. The van der Waals surface area contributed by atoms with Gasteiger partial charge in [-0.25, -0.2) is 0 Å². The van der Waals surface area contributed by atoms with Crippen LogP contribution >= 0.6 is 23.4 Å². The molecule has 1 amide bonds. The lowest BCUT2D eigenvalue weighted by atomic mass is 10.2. The lowest BCUT2D eigenvalue weighted by Crippen LogP contribution is -2.25. The maximum absolute atomic E-state index is 11.8. The lowest BCUT2D eigenvalue weighted by Gasteiger charge is -2.05. The predicted octanol–water partition coefficient (Wildman–Crippen LogP) is 3.60. The number of benzene rings is 1. The SMILES string of the molecule is O=C(NCCSCc1ccco1)c1cccc(Cl)c1. The van der Waals surface area contributed by atoms with Crippen LogP contribution < -0.4 is 5.32 Å². The molecule has 0 radical (unpaired) electrons. The molecule has 0 unspecified atom stereocenters. The van der Waals surface area contributed by atoms with Gasteiger partial charge >= 0.3 is 0 Å². The molecule has 2 rings (SSSR count). The second kappa shape index (κ2) is 7.26. The molecular weight excluding hydrogens is 282 g/mol. The zero-order valence-corrected chi connectivity index (χ0v) is 11.8. The average molecular weight is 296 g/mol. The lowest BCUT2D eigenvalue weighted by molar-refractivity contribution is 0.0956. The molecule has 0 spiro atoms. The van der Waals surface area contributed by atoms with E-state index in [1.54, 1.807) is 42.3 Å². The monoisotopic (exact) mass is 295 g/mol. The van der Waals surface area contributed by atoms with E-state index in [9.17, 15) is 4.79 Å². The minimum Gasteiger partial charge on any atom is -0.468 e. The number of halogens is 1. The normalized spacial score (nSPS) is 10.4. The Bertz CT molecular complexity index is 528. The molecule has 1 aromatic carbocycles. The number of amides is 1. The minimum atomic E-state index is -0.0962. The van der Waals surface area contributed by atoms with Gasteiger partial charge < -0.3 is 9.73 Å². The summed E-state index contributed by atoms with van der Waals surface area (Å²) < 4.78 is 5.22.